The number of hydrogen-bond acceptors (Lipinski definition) is 2. The highest BCUT2D eigenvalue weighted by atomic mass is 16.2. The van der Waals surface area contributed by atoms with E-state index < -0.39 is 11.9 Å². The Kier molecular flexibility index (Phi) is 2.48. The van der Waals surface area contributed by atoms with Crippen molar-refractivity contribution in [2.45, 2.75) is 17.9 Å². The average molecular weight is 313 g/mol. The molecule has 0 radical (unpaired) electrons. The minimum Gasteiger partial charge on any atom is -0.337 e. The zero-order valence-electron chi connectivity index (χ0n) is 13.9. The molecule has 1 aliphatic carbocycles. The van der Waals surface area contributed by atoms with Crippen molar-refractivity contribution in [3.63, 3.8) is 0 Å². The van der Waals surface area contributed by atoms with Crippen LogP contribution in [0.2, 0.25) is 0 Å². The molecule has 116 valence electrons. The summed E-state index contributed by atoms with van der Waals surface area (Å²) in [5.41, 5.74) is 3.52. The topological polar surface area (TPSA) is 42.0 Å². The standard InChI is InChI=1S/C21H16N2O/c24-20-16-10-6-12-22-19(16)21(23-20)13-17(14-7-2-1-3-8-14)15-9-4-5-11-18(15)21/h1-12,17H,13H2,(H,23,24)/t17-,21+/m1/s1/i13D/t13-,17-,21+. The highest BCUT2D eigenvalue weighted by Crippen LogP contribution is 2.52. The predicted molar refractivity (Wildman–Crippen MR) is 91.8 cm³/mol. The third kappa shape index (κ3) is 1.67. The summed E-state index contributed by atoms with van der Waals surface area (Å²) in [6.45, 7) is 0. The Labute approximate surface area is 141 Å². The van der Waals surface area contributed by atoms with Crippen LogP contribution in [0.5, 0.6) is 0 Å². The van der Waals surface area contributed by atoms with E-state index in [-0.39, 0.29) is 11.8 Å². The number of carbonyl (C=O) groups is 1. The summed E-state index contributed by atoms with van der Waals surface area (Å²) in [7, 11) is 0. The van der Waals surface area contributed by atoms with E-state index in [1.54, 1.807) is 18.3 Å². The van der Waals surface area contributed by atoms with Gasteiger partial charge in [0.1, 0.15) is 5.54 Å². The maximum atomic E-state index is 12.6. The molecule has 0 saturated carbocycles. The SMILES string of the molecule is [2H][C@@H]1[C@H](c2ccccc2)c2ccccc2[C@@]12NC(=O)c1cccnc12. The number of amides is 1. The van der Waals surface area contributed by atoms with E-state index in [1.807, 2.05) is 36.4 Å². The summed E-state index contributed by atoms with van der Waals surface area (Å²) in [5.74, 6) is -0.255. The van der Waals surface area contributed by atoms with Crippen molar-refractivity contribution in [1.82, 2.24) is 10.3 Å². The van der Waals surface area contributed by atoms with Crippen molar-refractivity contribution in [3.8, 4) is 0 Å². The van der Waals surface area contributed by atoms with Crippen LogP contribution in [0.1, 0.15) is 46.4 Å². The van der Waals surface area contributed by atoms with Crippen LogP contribution in [0.15, 0.2) is 72.9 Å². The minimum absolute atomic E-state index is 0.106. The number of hydrogen-bond donors (Lipinski definition) is 1. The van der Waals surface area contributed by atoms with E-state index >= 15 is 0 Å². The maximum Gasteiger partial charge on any atom is 0.254 e. The molecule has 24 heavy (non-hydrogen) atoms. The molecule has 1 N–H and O–H groups in total. The van der Waals surface area contributed by atoms with E-state index in [0.29, 0.717) is 11.3 Å². The second-order valence-corrected chi connectivity index (χ2v) is 6.30. The number of carbonyl (C=O) groups excluding carboxylic acids is 1. The summed E-state index contributed by atoms with van der Waals surface area (Å²) in [6, 6.07) is 21.7. The molecule has 2 aliphatic rings. The summed E-state index contributed by atoms with van der Waals surface area (Å²) >= 11 is 0. The van der Waals surface area contributed by atoms with Gasteiger partial charge in [0.25, 0.3) is 5.91 Å². The van der Waals surface area contributed by atoms with Gasteiger partial charge in [-0.1, -0.05) is 54.6 Å². The van der Waals surface area contributed by atoms with Crippen LogP contribution in [-0.4, -0.2) is 10.9 Å². The van der Waals surface area contributed by atoms with E-state index in [9.17, 15) is 4.79 Å². The fourth-order valence-electron chi connectivity index (χ4n) is 4.02. The molecule has 1 spiro atoms. The van der Waals surface area contributed by atoms with Crippen molar-refractivity contribution < 1.29 is 6.17 Å². The zero-order chi connectivity index (χ0) is 17.0. The second kappa shape index (κ2) is 4.78. The molecule has 1 amide bonds. The molecule has 0 bridgehead atoms. The lowest BCUT2D eigenvalue weighted by Gasteiger charge is -2.26. The van der Waals surface area contributed by atoms with Crippen LogP contribution in [0.3, 0.4) is 0 Å². The van der Waals surface area contributed by atoms with Crippen LogP contribution in [-0.2, 0) is 5.54 Å². The molecule has 3 atom stereocenters. The zero-order valence-corrected chi connectivity index (χ0v) is 12.9. The summed E-state index contributed by atoms with van der Waals surface area (Å²) < 4.78 is 9.12. The van der Waals surface area contributed by atoms with Gasteiger partial charge in [0.2, 0.25) is 0 Å². The molecule has 3 heteroatoms. The Bertz CT molecular complexity index is 988. The highest BCUT2D eigenvalue weighted by Gasteiger charge is 2.52. The van der Waals surface area contributed by atoms with E-state index in [4.69, 9.17) is 1.37 Å². The van der Waals surface area contributed by atoms with E-state index in [2.05, 4.69) is 28.5 Å². The molecule has 1 aliphatic heterocycles. The highest BCUT2D eigenvalue weighted by molar-refractivity contribution is 6.00. The Hall–Kier alpha value is -2.94. The van der Waals surface area contributed by atoms with Gasteiger partial charge >= 0.3 is 0 Å². The van der Waals surface area contributed by atoms with Crippen molar-refractivity contribution in [1.29, 1.82) is 0 Å². The monoisotopic (exact) mass is 313 g/mol. The number of nitrogens with zero attached hydrogens (tertiary/aromatic N) is 1. The summed E-state index contributed by atoms with van der Waals surface area (Å²) in [6.07, 6.45) is 1.12. The fraction of sp³-hybridized carbons (Fsp3) is 0.143. The van der Waals surface area contributed by atoms with Gasteiger partial charge in [-0.15, -0.1) is 0 Å². The first-order valence-electron chi connectivity index (χ1n) is 8.66. The van der Waals surface area contributed by atoms with Gasteiger partial charge in [0, 0.05) is 13.5 Å². The van der Waals surface area contributed by atoms with E-state index in [1.165, 1.54) is 0 Å². The van der Waals surface area contributed by atoms with Crippen molar-refractivity contribution in [2.75, 3.05) is 0 Å². The molecule has 0 saturated heterocycles. The normalized spacial score (nSPS) is 27.5. The number of pyridine rings is 1. The van der Waals surface area contributed by atoms with Gasteiger partial charge in [0.05, 0.1) is 11.3 Å². The number of fused-ring (bicyclic) bond motifs is 4. The molecule has 3 aromatic rings. The fourth-order valence-corrected chi connectivity index (χ4v) is 4.02. The van der Waals surface area contributed by atoms with Crippen LogP contribution in [0, 0.1) is 0 Å². The van der Waals surface area contributed by atoms with Gasteiger partial charge in [0.15, 0.2) is 0 Å². The second-order valence-electron chi connectivity index (χ2n) is 6.30. The van der Waals surface area contributed by atoms with Crippen LogP contribution in [0.4, 0.5) is 0 Å². The summed E-state index contributed by atoms with van der Waals surface area (Å²) in [4.78, 5) is 17.1. The lowest BCUT2D eigenvalue weighted by molar-refractivity contribution is 0.0940. The van der Waals surface area contributed by atoms with Crippen molar-refractivity contribution in [2.24, 2.45) is 0 Å². The Morgan fingerprint density at radius 3 is 2.71 bits per heavy atom. The van der Waals surface area contributed by atoms with E-state index in [0.717, 1.165) is 16.7 Å². The lowest BCUT2D eigenvalue weighted by Crippen LogP contribution is -2.39. The van der Waals surface area contributed by atoms with Crippen LogP contribution >= 0.6 is 0 Å². The molecule has 2 heterocycles. The van der Waals surface area contributed by atoms with Gasteiger partial charge in [-0.25, -0.2) is 0 Å². The molecule has 5 rings (SSSR count). The van der Waals surface area contributed by atoms with Gasteiger partial charge in [-0.3, -0.25) is 9.78 Å². The first kappa shape index (κ1) is 12.5. The molecule has 0 fully saturated rings. The van der Waals surface area contributed by atoms with Gasteiger partial charge < -0.3 is 5.32 Å². The van der Waals surface area contributed by atoms with Crippen LogP contribution in [0.25, 0.3) is 0 Å². The molecule has 2 aromatic carbocycles. The number of aromatic nitrogens is 1. The quantitative estimate of drug-likeness (QED) is 0.746. The molecule has 0 unspecified atom stereocenters. The Morgan fingerprint density at radius 1 is 1.04 bits per heavy atom. The van der Waals surface area contributed by atoms with Crippen molar-refractivity contribution in [3.05, 3.63) is 101 Å². The smallest absolute Gasteiger partial charge is 0.254 e. The number of nitrogens with one attached hydrogen (secondary N) is 1. The molecule has 1 aromatic heterocycles. The molecule has 3 nitrogen and oxygen atoms in total. The maximum absolute atomic E-state index is 12.6. The third-order valence-electron chi connectivity index (χ3n) is 5.03. The predicted octanol–water partition coefficient (Wildman–Crippen LogP) is 3.60. The largest absolute Gasteiger partial charge is 0.337 e. The number of rotatable bonds is 1. The Balaban J connectivity index is 1.80. The first-order valence-corrected chi connectivity index (χ1v) is 8.08. The van der Waals surface area contributed by atoms with Gasteiger partial charge in [-0.2, -0.15) is 0 Å². The average Bonchev–Trinajstić information content (AvgIpc) is 3.10. The lowest BCUT2D eigenvalue weighted by atomic mass is 9.87. The Morgan fingerprint density at radius 2 is 1.83 bits per heavy atom. The molecular formula is C21H16N2O. The summed E-state index contributed by atoms with van der Waals surface area (Å²) in [5, 5.41) is 3.11. The molecular weight excluding hydrogens is 296 g/mol. The number of benzene rings is 2. The van der Waals surface area contributed by atoms with Crippen LogP contribution < -0.4 is 5.32 Å². The van der Waals surface area contributed by atoms with Gasteiger partial charge in [-0.05, 0) is 35.2 Å². The minimum atomic E-state index is -0.884. The van der Waals surface area contributed by atoms with Crippen molar-refractivity contribution >= 4 is 5.91 Å². The first-order chi connectivity index (χ1) is 12.2. The third-order valence-corrected chi connectivity index (χ3v) is 5.03.